The number of hydrogen-bond acceptors (Lipinski definition) is 3. The Morgan fingerprint density at radius 3 is 3.05 bits per heavy atom. The van der Waals surface area contributed by atoms with Gasteiger partial charge < -0.3 is 10.8 Å². The van der Waals surface area contributed by atoms with Gasteiger partial charge in [0, 0.05) is 4.90 Å². The van der Waals surface area contributed by atoms with Crippen LogP contribution in [-0.2, 0) is 4.79 Å². The summed E-state index contributed by atoms with van der Waals surface area (Å²) in [5.74, 6) is 0.207. The summed E-state index contributed by atoms with van der Waals surface area (Å²) in [7, 11) is 0. The molecular formula is C15H21NO2S. The lowest BCUT2D eigenvalue weighted by molar-refractivity contribution is -0.144. The van der Waals surface area contributed by atoms with E-state index in [1.165, 1.54) is 10.5 Å². The van der Waals surface area contributed by atoms with Crippen molar-refractivity contribution in [2.24, 2.45) is 11.7 Å². The van der Waals surface area contributed by atoms with E-state index in [2.05, 4.69) is 31.2 Å². The first kappa shape index (κ1) is 14.4. The molecular weight excluding hydrogens is 258 g/mol. The lowest BCUT2D eigenvalue weighted by atomic mass is 9.86. The van der Waals surface area contributed by atoms with Gasteiger partial charge in [-0.15, -0.1) is 11.8 Å². The molecule has 1 aromatic rings. The standard InChI is InChI=1S/C15H21NO2S/c1-11-4-2-6-13(10-11)19-9-7-12-5-3-8-15(12,16)14(17)18/h2,4,6,10,12H,3,5,7-9,16H2,1H3,(H,17,18). The first-order valence-corrected chi connectivity index (χ1v) is 7.72. The fraction of sp³-hybridized carbons (Fsp3) is 0.533. The molecule has 1 fully saturated rings. The van der Waals surface area contributed by atoms with Crippen LogP contribution < -0.4 is 5.73 Å². The summed E-state index contributed by atoms with van der Waals surface area (Å²) in [6.07, 6.45) is 3.36. The van der Waals surface area contributed by atoms with Gasteiger partial charge in [0.1, 0.15) is 5.54 Å². The molecule has 1 aromatic carbocycles. The molecule has 104 valence electrons. The van der Waals surface area contributed by atoms with Crippen molar-refractivity contribution in [3.8, 4) is 0 Å². The highest BCUT2D eigenvalue weighted by Crippen LogP contribution is 2.37. The number of rotatable bonds is 5. The third-order valence-electron chi connectivity index (χ3n) is 3.99. The van der Waals surface area contributed by atoms with E-state index in [1.807, 2.05) is 0 Å². The number of aryl methyl sites for hydroxylation is 1. The van der Waals surface area contributed by atoms with Crippen LogP contribution >= 0.6 is 11.8 Å². The molecule has 1 saturated carbocycles. The lowest BCUT2D eigenvalue weighted by Crippen LogP contribution is -2.51. The van der Waals surface area contributed by atoms with Crippen molar-refractivity contribution in [3.63, 3.8) is 0 Å². The molecule has 0 aliphatic heterocycles. The highest BCUT2D eigenvalue weighted by Gasteiger charge is 2.45. The van der Waals surface area contributed by atoms with E-state index in [-0.39, 0.29) is 5.92 Å². The van der Waals surface area contributed by atoms with Gasteiger partial charge in [-0.2, -0.15) is 0 Å². The van der Waals surface area contributed by atoms with Crippen LogP contribution in [0.15, 0.2) is 29.2 Å². The summed E-state index contributed by atoms with van der Waals surface area (Å²) in [5, 5.41) is 9.26. The zero-order valence-corrected chi connectivity index (χ0v) is 12.1. The van der Waals surface area contributed by atoms with Crippen LogP contribution in [0.25, 0.3) is 0 Å². The van der Waals surface area contributed by atoms with Gasteiger partial charge in [-0.1, -0.05) is 24.1 Å². The summed E-state index contributed by atoms with van der Waals surface area (Å²) >= 11 is 1.79. The van der Waals surface area contributed by atoms with Crippen molar-refractivity contribution in [2.75, 3.05) is 5.75 Å². The van der Waals surface area contributed by atoms with Crippen LogP contribution in [0.1, 0.15) is 31.2 Å². The second-order valence-corrected chi connectivity index (χ2v) is 6.56. The number of carboxylic acid groups (broad SMARTS) is 1. The number of thioether (sulfide) groups is 1. The van der Waals surface area contributed by atoms with Gasteiger partial charge in [0.05, 0.1) is 0 Å². The Kier molecular flexibility index (Phi) is 4.53. The molecule has 4 heteroatoms. The molecule has 0 saturated heterocycles. The van der Waals surface area contributed by atoms with Crippen molar-refractivity contribution in [2.45, 2.75) is 43.0 Å². The van der Waals surface area contributed by atoms with E-state index in [1.54, 1.807) is 11.8 Å². The average molecular weight is 279 g/mol. The maximum Gasteiger partial charge on any atom is 0.323 e. The maximum absolute atomic E-state index is 11.3. The van der Waals surface area contributed by atoms with E-state index >= 15 is 0 Å². The zero-order valence-electron chi connectivity index (χ0n) is 11.3. The minimum Gasteiger partial charge on any atom is -0.480 e. The van der Waals surface area contributed by atoms with Crippen molar-refractivity contribution < 1.29 is 9.90 Å². The summed E-state index contributed by atoms with van der Waals surface area (Å²) < 4.78 is 0. The normalized spacial score (nSPS) is 26.5. The molecule has 0 radical (unpaired) electrons. The van der Waals surface area contributed by atoms with Gasteiger partial charge >= 0.3 is 5.97 Å². The predicted octanol–water partition coefficient (Wildman–Crippen LogP) is 3.06. The van der Waals surface area contributed by atoms with Gasteiger partial charge in [-0.3, -0.25) is 4.79 Å². The molecule has 2 rings (SSSR count). The number of benzene rings is 1. The Morgan fingerprint density at radius 2 is 2.37 bits per heavy atom. The fourth-order valence-corrected chi connectivity index (χ4v) is 3.89. The number of hydrogen-bond donors (Lipinski definition) is 2. The second kappa shape index (κ2) is 5.97. The van der Waals surface area contributed by atoms with E-state index in [0.29, 0.717) is 6.42 Å². The summed E-state index contributed by atoms with van der Waals surface area (Å²) in [5.41, 5.74) is 6.30. The molecule has 0 spiro atoms. The smallest absolute Gasteiger partial charge is 0.323 e. The van der Waals surface area contributed by atoms with Crippen molar-refractivity contribution in [1.82, 2.24) is 0 Å². The molecule has 0 heterocycles. The Balaban J connectivity index is 1.87. The van der Waals surface area contributed by atoms with Gasteiger partial charge in [0.15, 0.2) is 0 Å². The van der Waals surface area contributed by atoms with Crippen LogP contribution in [-0.4, -0.2) is 22.4 Å². The highest BCUT2D eigenvalue weighted by atomic mass is 32.2. The Morgan fingerprint density at radius 1 is 1.58 bits per heavy atom. The topological polar surface area (TPSA) is 63.3 Å². The minimum absolute atomic E-state index is 0.113. The molecule has 2 atom stereocenters. The van der Waals surface area contributed by atoms with E-state index < -0.39 is 11.5 Å². The number of carbonyl (C=O) groups is 1. The molecule has 2 unspecified atom stereocenters. The van der Waals surface area contributed by atoms with Crippen molar-refractivity contribution in [1.29, 1.82) is 0 Å². The summed E-state index contributed by atoms with van der Waals surface area (Å²) in [4.78, 5) is 12.5. The lowest BCUT2D eigenvalue weighted by Gasteiger charge is -2.26. The molecule has 1 aliphatic rings. The number of carboxylic acids is 1. The quantitative estimate of drug-likeness (QED) is 0.813. The Hall–Kier alpha value is -1.00. The zero-order chi connectivity index (χ0) is 13.9. The molecule has 0 aromatic heterocycles. The predicted molar refractivity (Wildman–Crippen MR) is 78.4 cm³/mol. The van der Waals surface area contributed by atoms with Gasteiger partial charge in [0.2, 0.25) is 0 Å². The average Bonchev–Trinajstić information content (AvgIpc) is 2.73. The van der Waals surface area contributed by atoms with Crippen LogP contribution in [0, 0.1) is 12.8 Å². The Bertz CT molecular complexity index is 463. The monoisotopic (exact) mass is 279 g/mol. The van der Waals surface area contributed by atoms with E-state index in [0.717, 1.165) is 25.0 Å². The minimum atomic E-state index is -0.993. The molecule has 1 aliphatic carbocycles. The fourth-order valence-electron chi connectivity index (χ4n) is 2.81. The van der Waals surface area contributed by atoms with E-state index in [9.17, 15) is 9.90 Å². The molecule has 0 amide bonds. The molecule has 19 heavy (non-hydrogen) atoms. The van der Waals surface area contributed by atoms with Crippen LogP contribution in [0.5, 0.6) is 0 Å². The van der Waals surface area contributed by atoms with Crippen molar-refractivity contribution in [3.05, 3.63) is 29.8 Å². The second-order valence-electron chi connectivity index (χ2n) is 5.39. The third-order valence-corrected chi connectivity index (χ3v) is 5.02. The van der Waals surface area contributed by atoms with Crippen molar-refractivity contribution >= 4 is 17.7 Å². The largest absolute Gasteiger partial charge is 0.480 e. The number of aliphatic carboxylic acids is 1. The SMILES string of the molecule is Cc1cccc(SCCC2CCCC2(N)C(=O)O)c1. The third kappa shape index (κ3) is 3.31. The highest BCUT2D eigenvalue weighted by molar-refractivity contribution is 7.99. The van der Waals surface area contributed by atoms with Crippen LogP contribution in [0.2, 0.25) is 0 Å². The maximum atomic E-state index is 11.3. The van der Waals surface area contributed by atoms with Gasteiger partial charge in [-0.05, 0) is 50.0 Å². The Labute approximate surface area is 118 Å². The van der Waals surface area contributed by atoms with Gasteiger partial charge in [0.25, 0.3) is 0 Å². The van der Waals surface area contributed by atoms with Crippen LogP contribution in [0.4, 0.5) is 0 Å². The van der Waals surface area contributed by atoms with E-state index in [4.69, 9.17) is 5.73 Å². The first-order chi connectivity index (χ1) is 9.02. The molecule has 0 bridgehead atoms. The summed E-state index contributed by atoms with van der Waals surface area (Å²) in [6.45, 7) is 2.08. The molecule has 3 N–H and O–H groups in total. The van der Waals surface area contributed by atoms with Crippen LogP contribution in [0.3, 0.4) is 0 Å². The molecule has 3 nitrogen and oxygen atoms in total. The summed E-state index contributed by atoms with van der Waals surface area (Å²) in [6, 6.07) is 8.39. The number of nitrogens with two attached hydrogens (primary N) is 1. The van der Waals surface area contributed by atoms with Gasteiger partial charge in [-0.25, -0.2) is 0 Å². The first-order valence-electron chi connectivity index (χ1n) is 6.74.